The summed E-state index contributed by atoms with van der Waals surface area (Å²) in [5, 5.41) is 9.53. The molecule has 2 N–H and O–H groups in total. The average Bonchev–Trinajstić information content (AvgIpc) is 3.31. The Kier molecular flexibility index (Phi) is 8.60. The fraction of sp³-hybridized carbons (Fsp3) is 0.696. The summed E-state index contributed by atoms with van der Waals surface area (Å²) in [6.07, 6.45) is 9.79. The van der Waals surface area contributed by atoms with Crippen molar-refractivity contribution >= 4 is 16.0 Å². The zero-order chi connectivity index (χ0) is 22.3. The number of carboxylic acid groups (broad SMARTS) is 1. The van der Waals surface area contributed by atoms with E-state index in [1.807, 2.05) is 6.07 Å². The summed E-state index contributed by atoms with van der Waals surface area (Å²) in [7, 11) is -3.77. The van der Waals surface area contributed by atoms with Crippen LogP contribution in [0, 0.1) is 0 Å². The highest BCUT2D eigenvalue weighted by Gasteiger charge is 2.40. The number of rotatable bonds is 14. The van der Waals surface area contributed by atoms with E-state index in [0.29, 0.717) is 18.1 Å². The molecule has 1 fully saturated rings. The number of benzene rings is 1. The molecule has 31 heavy (non-hydrogen) atoms. The van der Waals surface area contributed by atoms with E-state index in [9.17, 15) is 18.3 Å². The zero-order valence-electron chi connectivity index (χ0n) is 18.3. The molecule has 174 valence electrons. The molecular formula is C23H35NO6S. The standard InChI is InChI=1S/C23H35NO6S/c1-2-3-4-5-6-7-8-9-16-31(27,28)24-22(23(25)26)30-20-15-11-13-18-17-12-10-14-19(17)29-21(18)20/h11,13,15,17,19,22,24H,2-10,12,14,16H2,1H3,(H,25,26). The number of carboxylic acids is 1. The minimum Gasteiger partial charge on any atom is -0.486 e. The summed E-state index contributed by atoms with van der Waals surface area (Å²) in [6, 6.07) is 5.40. The maximum absolute atomic E-state index is 12.4. The quantitative estimate of drug-likeness (QED) is 0.316. The van der Waals surface area contributed by atoms with Crippen LogP contribution in [0.25, 0.3) is 0 Å². The predicted octanol–water partition coefficient (Wildman–Crippen LogP) is 4.56. The lowest BCUT2D eigenvalue weighted by Gasteiger charge is -2.18. The fourth-order valence-electron chi connectivity index (χ4n) is 4.52. The molecule has 2 aliphatic rings. The summed E-state index contributed by atoms with van der Waals surface area (Å²) in [6.45, 7) is 2.18. The molecule has 0 aromatic heterocycles. The Morgan fingerprint density at radius 1 is 1.16 bits per heavy atom. The highest BCUT2D eigenvalue weighted by molar-refractivity contribution is 7.89. The van der Waals surface area contributed by atoms with E-state index in [-0.39, 0.29) is 17.6 Å². The van der Waals surface area contributed by atoms with Crippen molar-refractivity contribution in [2.24, 2.45) is 0 Å². The number of carbonyl (C=O) groups is 1. The molecule has 3 rings (SSSR count). The maximum atomic E-state index is 12.4. The van der Waals surface area contributed by atoms with Crippen LogP contribution >= 0.6 is 0 Å². The van der Waals surface area contributed by atoms with Crippen LogP contribution in [-0.2, 0) is 14.8 Å². The molecule has 1 aliphatic heterocycles. The van der Waals surface area contributed by atoms with E-state index in [0.717, 1.165) is 44.1 Å². The first-order valence-electron chi connectivity index (χ1n) is 11.6. The zero-order valence-corrected chi connectivity index (χ0v) is 19.2. The van der Waals surface area contributed by atoms with Gasteiger partial charge in [-0.15, -0.1) is 0 Å². The van der Waals surface area contributed by atoms with Gasteiger partial charge in [0.05, 0.1) is 5.75 Å². The smallest absolute Gasteiger partial charge is 0.361 e. The predicted molar refractivity (Wildman–Crippen MR) is 119 cm³/mol. The number of ether oxygens (including phenoxy) is 2. The molecule has 1 aromatic carbocycles. The second kappa shape index (κ2) is 11.2. The van der Waals surface area contributed by atoms with Crippen LogP contribution in [0.5, 0.6) is 11.5 Å². The first kappa shape index (κ1) is 23.9. The summed E-state index contributed by atoms with van der Waals surface area (Å²) in [5.41, 5.74) is 1.02. The molecule has 0 saturated heterocycles. The minimum absolute atomic E-state index is 0.0988. The van der Waals surface area contributed by atoms with Gasteiger partial charge in [-0.2, -0.15) is 4.72 Å². The Morgan fingerprint density at radius 2 is 1.87 bits per heavy atom. The minimum atomic E-state index is -3.77. The third kappa shape index (κ3) is 6.59. The second-order valence-electron chi connectivity index (χ2n) is 8.62. The summed E-state index contributed by atoms with van der Waals surface area (Å²) in [4.78, 5) is 11.7. The van der Waals surface area contributed by atoms with Crippen LogP contribution in [0.15, 0.2) is 18.2 Å². The lowest BCUT2D eigenvalue weighted by Crippen LogP contribution is -2.45. The average molecular weight is 454 g/mol. The second-order valence-corrected chi connectivity index (χ2v) is 10.5. The Hall–Kier alpha value is -1.80. The molecule has 7 nitrogen and oxygen atoms in total. The van der Waals surface area contributed by atoms with Crippen molar-refractivity contribution in [3.8, 4) is 11.5 Å². The Labute approximate surface area is 185 Å². The summed E-state index contributed by atoms with van der Waals surface area (Å²) < 4.78 is 38.6. The molecule has 3 atom stereocenters. The van der Waals surface area contributed by atoms with Gasteiger partial charge in [0.1, 0.15) is 6.10 Å². The highest BCUT2D eigenvalue weighted by Crippen LogP contribution is 2.50. The molecule has 0 amide bonds. The maximum Gasteiger partial charge on any atom is 0.361 e. The lowest BCUT2D eigenvalue weighted by atomic mass is 9.97. The summed E-state index contributed by atoms with van der Waals surface area (Å²) in [5.74, 6) is -0.363. The number of sulfonamides is 1. The van der Waals surface area contributed by atoms with Crippen molar-refractivity contribution in [3.63, 3.8) is 0 Å². The number of nitrogens with one attached hydrogen (secondary N) is 1. The topological polar surface area (TPSA) is 102 Å². The van der Waals surface area contributed by atoms with Crippen LogP contribution < -0.4 is 14.2 Å². The molecule has 1 aromatic rings. The van der Waals surface area contributed by atoms with Gasteiger partial charge in [0.2, 0.25) is 10.0 Å². The molecule has 0 bridgehead atoms. The van der Waals surface area contributed by atoms with Crippen molar-refractivity contribution in [2.45, 2.75) is 95.8 Å². The van der Waals surface area contributed by atoms with Crippen LogP contribution in [-0.4, -0.2) is 37.6 Å². The largest absolute Gasteiger partial charge is 0.486 e. The van der Waals surface area contributed by atoms with Crippen LogP contribution in [0.2, 0.25) is 0 Å². The van der Waals surface area contributed by atoms with Crippen LogP contribution in [0.4, 0.5) is 0 Å². The normalized spacial score (nSPS) is 20.7. The molecule has 8 heteroatoms. The van der Waals surface area contributed by atoms with Gasteiger partial charge in [-0.05, 0) is 31.7 Å². The van der Waals surface area contributed by atoms with Gasteiger partial charge in [0.25, 0.3) is 6.23 Å². The SMILES string of the molecule is CCCCCCCCCCS(=O)(=O)NC(Oc1cccc2c1OC1CCCC21)C(=O)O. The molecule has 0 spiro atoms. The Balaban J connectivity index is 1.51. The number of unbranched alkanes of at least 4 members (excludes halogenated alkanes) is 7. The van der Waals surface area contributed by atoms with Crippen molar-refractivity contribution in [3.05, 3.63) is 23.8 Å². The number of fused-ring (bicyclic) bond motifs is 3. The van der Waals surface area contributed by atoms with Gasteiger partial charge in [-0.25, -0.2) is 13.2 Å². The lowest BCUT2D eigenvalue weighted by molar-refractivity contribution is -0.145. The first-order chi connectivity index (χ1) is 14.9. The number of aliphatic carboxylic acids is 1. The van der Waals surface area contributed by atoms with E-state index in [4.69, 9.17) is 9.47 Å². The van der Waals surface area contributed by atoms with Crippen molar-refractivity contribution < 1.29 is 27.8 Å². The van der Waals surface area contributed by atoms with Crippen molar-refractivity contribution in [1.29, 1.82) is 0 Å². The molecule has 1 aliphatic carbocycles. The summed E-state index contributed by atoms with van der Waals surface area (Å²) >= 11 is 0. The van der Waals surface area contributed by atoms with E-state index in [1.54, 1.807) is 12.1 Å². The molecule has 1 saturated carbocycles. The van der Waals surface area contributed by atoms with E-state index in [1.165, 1.54) is 25.7 Å². The van der Waals surface area contributed by atoms with Gasteiger partial charge in [-0.3, -0.25) is 0 Å². The third-order valence-electron chi connectivity index (χ3n) is 6.15. The fourth-order valence-corrected chi connectivity index (χ4v) is 5.69. The first-order valence-corrected chi connectivity index (χ1v) is 13.3. The number of hydrogen-bond acceptors (Lipinski definition) is 5. The van der Waals surface area contributed by atoms with E-state index >= 15 is 0 Å². The molecule has 0 radical (unpaired) electrons. The monoisotopic (exact) mass is 453 g/mol. The van der Waals surface area contributed by atoms with Crippen molar-refractivity contribution in [2.75, 3.05) is 5.75 Å². The van der Waals surface area contributed by atoms with E-state index in [2.05, 4.69) is 11.6 Å². The Bertz CT molecular complexity index is 840. The van der Waals surface area contributed by atoms with E-state index < -0.39 is 22.2 Å². The van der Waals surface area contributed by atoms with Gasteiger partial charge in [0, 0.05) is 11.5 Å². The molecular weight excluding hydrogens is 418 g/mol. The van der Waals surface area contributed by atoms with Gasteiger partial charge < -0.3 is 14.6 Å². The van der Waals surface area contributed by atoms with Crippen LogP contribution in [0.1, 0.15) is 89.0 Å². The van der Waals surface area contributed by atoms with Gasteiger partial charge >= 0.3 is 5.97 Å². The highest BCUT2D eigenvalue weighted by atomic mass is 32.2. The van der Waals surface area contributed by atoms with Gasteiger partial charge in [-0.1, -0.05) is 64.0 Å². The number of hydrogen-bond donors (Lipinski definition) is 2. The van der Waals surface area contributed by atoms with Gasteiger partial charge in [0.15, 0.2) is 11.5 Å². The Morgan fingerprint density at radius 3 is 2.58 bits per heavy atom. The van der Waals surface area contributed by atoms with Crippen LogP contribution in [0.3, 0.4) is 0 Å². The third-order valence-corrected chi connectivity index (χ3v) is 7.55. The van der Waals surface area contributed by atoms with Crippen molar-refractivity contribution in [1.82, 2.24) is 4.72 Å². The molecule has 3 unspecified atom stereocenters. The molecule has 1 heterocycles. The number of para-hydroxylation sites is 1.